The number of hydrogen-bond acceptors (Lipinski definition) is 6. The van der Waals surface area contributed by atoms with E-state index in [0.717, 1.165) is 25.7 Å². The van der Waals surface area contributed by atoms with Gasteiger partial charge in [0.15, 0.2) is 0 Å². The van der Waals surface area contributed by atoms with Crippen molar-refractivity contribution in [2.24, 2.45) is 0 Å². The van der Waals surface area contributed by atoms with Crippen LogP contribution in [0.15, 0.2) is 61.2 Å². The third-order valence-corrected chi connectivity index (χ3v) is 5.60. The first-order valence-corrected chi connectivity index (χ1v) is 11.0. The van der Waals surface area contributed by atoms with Crippen molar-refractivity contribution in [3.63, 3.8) is 0 Å². The Kier molecular flexibility index (Phi) is 6.94. The summed E-state index contributed by atoms with van der Waals surface area (Å²) in [5, 5.41) is 3.12. The van der Waals surface area contributed by atoms with E-state index in [-0.39, 0.29) is 18.1 Å². The molecular weight excluding hydrogens is 404 g/mol. The van der Waals surface area contributed by atoms with Crippen molar-refractivity contribution in [2.75, 3.05) is 0 Å². The maximum atomic E-state index is 12.8. The van der Waals surface area contributed by atoms with E-state index in [1.807, 2.05) is 24.3 Å². The van der Waals surface area contributed by atoms with E-state index in [1.54, 1.807) is 36.9 Å². The molecule has 2 aromatic heterocycles. The summed E-state index contributed by atoms with van der Waals surface area (Å²) < 4.78 is 11.7. The largest absolute Gasteiger partial charge is 0.473 e. The quantitative estimate of drug-likeness (QED) is 0.571. The predicted molar refractivity (Wildman–Crippen MR) is 121 cm³/mol. The van der Waals surface area contributed by atoms with E-state index in [4.69, 9.17) is 9.47 Å². The smallest absolute Gasteiger partial charge is 0.251 e. The van der Waals surface area contributed by atoms with Gasteiger partial charge in [0.2, 0.25) is 11.8 Å². The Hall–Kier alpha value is -3.48. The average molecular weight is 433 g/mol. The zero-order chi connectivity index (χ0) is 22.3. The molecule has 1 aromatic carbocycles. The number of benzene rings is 1. The lowest BCUT2D eigenvalue weighted by Crippen LogP contribution is -2.39. The van der Waals surface area contributed by atoms with Gasteiger partial charge in [0.05, 0.1) is 6.20 Å². The minimum Gasteiger partial charge on any atom is -0.473 e. The van der Waals surface area contributed by atoms with Crippen LogP contribution >= 0.6 is 0 Å². The molecule has 7 heteroatoms. The summed E-state index contributed by atoms with van der Waals surface area (Å²) in [5.74, 6) is 1.98. The number of ether oxygens (including phenoxy) is 2. The van der Waals surface area contributed by atoms with Gasteiger partial charge in [0.25, 0.3) is 5.91 Å². The Morgan fingerprint density at radius 2 is 1.72 bits per heavy atom. The number of carbonyl (C=O) groups excluding carboxylic acids is 1. The first kappa shape index (κ1) is 21.7. The fourth-order valence-electron chi connectivity index (χ4n) is 3.76. The molecule has 3 aromatic rings. The lowest BCUT2D eigenvalue weighted by molar-refractivity contribution is 0.0889. The molecule has 2 heterocycles. The van der Waals surface area contributed by atoms with Gasteiger partial charge in [-0.2, -0.15) is 0 Å². The van der Waals surface area contributed by atoms with Crippen LogP contribution in [0, 0.1) is 0 Å². The molecule has 1 aliphatic carbocycles. The van der Waals surface area contributed by atoms with Crippen LogP contribution in [0.25, 0.3) is 0 Å². The van der Waals surface area contributed by atoms with Crippen LogP contribution in [-0.2, 0) is 0 Å². The Morgan fingerprint density at radius 3 is 2.41 bits per heavy atom. The highest BCUT2D eigenvalue weighted by molar-refractivity contribution is 5.94. The number of rotatable bonds is 7. The fourth-order valence-corrected chi connectivity index (χ4v) is 3.76. The molecule has 0 saturated heterocycles. The molecule has 32 heavy (non-hydrogen) atoms. The van der Waals surface area contributed by atoms with Crippen molar-refractivity contribution in [3.8, 4) is 17.5 Å². The van der Waals surface area contributed by atoms with Gasteiger partial charge in [0, 0.05) is 36.3 Å². The van der Waals surface area contributed by atoms with Crippen LogP contribution in [0.2, 0.25) is 0 Å². The number of pyridine rings is 1. The van der Waals surface area contributed by atoms with Gasteiger partial charge in [-0.1, -0.05) is 26.0 Å². The molecule has 7 nitrogen and oxygen atoms in total. The zero-order valence-corrected chi connectivity index (χ0v) is 18.4. The number of nitrogens with zero attached hydrogens (tertiary/aromatic N) is 3. The molecule has 1 saturated carbocycles. The highest BCUT2D eigenvalue weighted by Crippen LogP contribution is 2.25. The summed E-state index contributed by atoms with van der Waals surface area (Å²) in [4.78, 5) is 25.2. The van der Waals surface area contributed by atoms with Crippen LogP contribution in [0.5, 0.6) is 17.5 Å². The van der Waals surface area contributed by atoms with Crippen molar-refractivity contribution in [1.29, 1.82) is 0 Å². The summed E-state index contributed by atoms with van der Waals surface area (Å²) in [6.45, 7) is 4.30. The minimum absolute atomic E-state index is 0.0999. The molecule has 0 aliphatic heterocycles. The van der Waals surface area contributed by atoms with Gasteiger partial charge in [-0.25, -0.2) is 9.97 Å². The minimum atomic E-state index is -0.120. The molecule has 0 atom stereocenters. The van der Waals surface area contributed by atoms with Crippen molar-refractivity contribution in [3.05, 3.63) is 72.3 Å². The predicted octanol–water partition coefficient (Wildman–Crippen LogP) is 4.91. The third-order valence-electron chi connectivity index (χ3n) is 5.60. The van der Waals surface area contributed by atoms with E-state index in [1.165, 1.54) is 5.56 Å². The number of hydrogen-bond donors (Lipinski definition) is 1. The fraction of sp³-hybridized carbons (Fsp3) is 0.360. The second kappa shape index (κ2) is 10.2. The molecule has 166 valence electrons. The molecule has 0 spiro atoms. The second-order valence-electron chi connectivity index (χ2n) is 8.32. The highest BCUT2D eigenvalue weighted by Gasteiger charge is 2.24. The SMILES string of the molecule is CC(C)c1ccc(Oc2cc(C(=O)NC3CCC(Oc4cnccn4)CC3)ccn2)cc1. The van der Waals surface area contributed by atoms with Gasteiger partial charge in [-0.15, -0.1) is 0 Å². The summed E-state index contributed by atoms with van der Waals surface area (Å²) in [6, 6.07) is 11.4. The first-order chi connectivity index (χ1) is 15.6. The third kappa shape index (κ3) is 5.81. The molecule has 4 rings (SSSR count). The number of aromatic nitrogens is 3. The number of amides is 1. The lowest BCUT2D eigenvalue weighted by Gasteiger charge is -2.29. The van der Waals surface area contributed by atoms with Crippen LogP contribution < -0.4 is 14.8 Å². The molecule has 0 unspecified atom stereocenters. The monoisotopic (exact) mass is 432 g/mol. The summed E-state index contributed by atoms with van der Waals surface area (Å²) >= 11 is 0. The molecule has 1 amide bonds. The highest BCUT2D eigenvalue weighted by atomic mass is 16.5. The van der Waals surface area contributed by atoms with Crippen molar-refractivity contribution in [1.82, 2.24) is 20.3 Å². The van der Waals surface area contributed by atoms with Crippen molar-refractivity contribution >= 4 is 5.91 Å². The van der Waals surface area contributed by atoms with Crippen LogP contribution in [0.1, 0.15) is 61.4 Å². The van der Waals surface area contributed by atoms with Crippen molar-refractivity contribution < 1.29 is 14.3 Å². The maximum absolute atomic E-state index is 12.8. The Morgan fingerprint density at radius 1 is 0.969 bits per heavy atom. The standard InChI is InChI=1S/C25H28N4O3/c1-17(2)18-3-7-21(8-4-18)31-23-15-19(11-12-27-23)25(30)29-20-5-9-22(10-6-20)32-24-16-26-13-14-28-24/h3-4,7-8,11-17,20,22H,5-6,9-10H2,1-2H3,(H,29,30). The van der Waals surface area contributed by atoms with Gasteiger partial charge in [-0.3, -0.25) is 9.78 Å². The lowest BCUT2D eigenvalue weighted by atomic mass is 9.92. The molecule has 0 radical (unpaired) electrons. The Bertz CT molecular complexity index is 1020. The Balaban J connectivity index is 1.29. The number of carbonyl (C=O) groups is 1. The topological polar surface area (TPSA) is 86.2 Å². The summed E-state index contributed by atoms with van der Waals surface area (Å²) in [6.07, 6.45) is 9.99. The Labute approximate surface area is 188 Å². The molecule has 0 bridgehead atoms. The van der Waals surface area contributed by atoms with Gasteiger partial charge < -0.3 is 14.8 Å². The number of nitrogens with one attached hydrogen (secondary N) is 1. The van der Waals surface area contributed by atoms with Crippen molar-refractivity contribution in [2.45, 2.75) is 57.6 Å². The van der Waals surface area contributed by atoms with E-state index in [0.29, 0.717) is 29.0 Å². The second-order valence-corrected chi connectivity index (χ2v) is 8.32. The van der Waals surface area contributed by atoms with E-state index < -0.39 is 0 Å². The van der Waals surface area contributed by atoms with E-state index >= 15 is 0 Å². The summed E-state index contributed by atoms with van der Waals surface area (Å²) in [5.41, 5.74) is 1.78. The summed E-state index contributed by atoms with van der Waals surface area (Å²) in [7, 11) is 0. The van der Waals surface area contributed by atoms with Gasteiger partial charge in [-0.05, 0) is 55.4 Å². The average Bonchev–Trinajstić information content (AvgIpc) is 2.81. The van der Waals surface area contributed by atoms with Gasteiger partial charge in [0.1, 0.15) is 11.9 Å². The van der Waals surface area contributed by atoms with Crippen LogP contribution in [0.3, 0.4) is 0 Å². The molecule has 1 N–H and O–H groups in total. The van der Waals surface area contributed by atoms with Crippen LogP contribution in [0.4, 0.5) is 0 Å². The first-order valence-electron chi connectivity index (χ1n) is 11.0. The molecular formula is C25H28N4O3. The molecule has 1 fully saturated rings. The maximum Gasteiger partial charge on any atom is 0.251 e. The van der Waals surface area contributed by atoms with E-state index in [9.17, 15) is 4.79 Å². The van der Waals surface area contributed by atoms with Gasteiger partial charge >= 0.3 is 0 Å². The normalized spacial score (nSPS) is 18.2. The van der Waals surface area contributed by atoms with Crippen LogP contribution in [-0.4, -0.2) is 33.0 Å². The molecule has 1 aliphatic rings. The zero-order valence-electron chi connectivity index (χ0n) is 18.4. The van der Waals surface area contributed by atoms with E-state index in [2.05, 4.69) is 34.1 Å².